The number of amides is 1. The summed E-state index contributed by atoms with van der Waals surface area (Å²) < 4.78 is 0. The molecule has 96 valence electrons. The smallest absolute Gasteiger partial charge is 0.293 e. The molecule has 1 amide bonds. The molecule has 0 saturated heterocycles. The quantitative estimate of drug-likeness (QED) is 0.223. The van der Waals surface area contributed by atoms with E-state index in [1.807, 2.05) is 0 Å². The summed E-state index contributed by atoms with van der Waals surface area (Å²) in [6.45, 7) is 1.25. The molecule has 0 unspecified atom stereocenters. The highest BCUT2D eigenvalue weighted by Gasteiger charge is 2.14. The van der Waals surface area contributed by atoms with Crippen LogP contribution in [-0.2, 0) is 4.79 Å². The zero-order valence-electron chi connectivity index (χ0n) is 9.95. The molecule has 0 aromatic heterocycles. The standard InChI is InChI=1S/C11H9N5O3/c1-8(17)14-10-5-4-9(3-2-6-13-15-12)7-11(10)16(18)19/h4-5,7H,6H2,1H3,(H,14,17). The first kappa shape index (κ1) is 14.0. The van der Waals surface area contributed by atoms with Gasteiger partial charge in [0, 0.05) is 23.5 Å². The van der Waals surface area contributed by atoms with E-state index in [4.69, 9.17) is 5.53 Å². The fourth-order valence-electron chi connectivity index (χ4n) is 1.26. The molecule has 0 aliphatic heterocycles. The second-order valence-corrected chi connectivity index (χ2v) is 3.36. The Morgan fingerprint density at radius 2 is 2.37 bits per heavy atom. The van der Waals surface area contributed by atoms with Gasteiger partial charge < -0.3 is 5.32 Å². The van der Waals surface area contributed by atoms with Crippen LogP contribution in [0.5, 0.6) is 0 Å². The minimum absolute atomic E-state index is 0.0161. The van der Waals surface area contributed by atoms with Crippen molar-refractivity contribution in [1.82, 2.24) is 0 Å². The molecule has 1 N–H and O–H groups in total. The van der Waals surface area contributed by atoms with Gasteiger partial charge in [0.05, 0.1) is 11.5 Å². The summed E-state index contributed by atoms with van der Waals surface area (Å²) >= 11 is 0. The Morgan fingerprint density at radius 1 is 1.63 bits per heavy atom. The van der Waals surface area contributed by atoms with E-state index < -0.39 is 10.8 Å². The SMILES string of the molecule is CC(=O)Nc1ccc(C#CCN=[N+]=[N-])cc1[N+](=O)[O-]. The lowest BCUT2D eigenvalue weighted by Gasteiger charge is -2.03. The Morgan fingerprint density at radius 3 is 2.95 bits per heavy atom. The molecule has 0 saturated carbocycles. The number of azide groups is 1. The van der Waals surface area contributed by atoms with E-state index in [9.17, 15) is 14.9 Å². The summed E-state index contributed by atoms with van der Waals surface area (Å²) in [6, 6.07) is 4.17. The molecule has 0 radical (unpaired) electrons. The number of carbonyl (C=O) groups is 1. The lowest BCUT2D eigenvalue weighted by molar-refractivity contribution is -0.383. The lowest BCUT2D eigenvalue weighted by atomic mass is 10.1. The topological polar surface area (TPSA) is 121 Å². The summed E-state index contributed by atoms with van der Waals surface area (Å²) in [5.74, 6) is 4.77. The molecule has 19 heavy (non-hydrogen) atoms. The van der Waals surface area contributed by atoms with Crippen molar-refractivity contribution in [3.05, 3.63) is 44.3 Å². The van der Waals surface area contributed by atoms with Crippen LogP contribution >= 0.6 is 0 Å². The number of rotatable bonds is 3. The van der Waals surface area contributed by atoms with Crippen LogP contribution in [0.25, 0.3) is 10.4 Å². The van der Waals surface area contributed by atoms with Gasteiger partial charge in [0.15, 0.2) is 0 Å². The van der Waals surface area contributed by atoms with Crippen molar-refractivity contribution >= 4 is 17.3 Å². The molecule has 0 bridgehead atoms. The molecule has 0 spiro atoms. The van der Waals surface area contributed by atoms with Crippen molar-refractivity contribution in [3.63, 3.8) is 0 Å². The van der Waals surface area contributed by atoms with E-state index in [0.717, 1.165) is 0 Å². The maximum Gasteiger partial charge on any atom is 0.293 e. The largest absolute Gasteiger partial charge is 0.321 e. The van der Waals surface area contributed by atoms with Gasteiger partial charge in [-0.25, -0.2) is 0 Å². The van der Waals surface area contributed by atoms with Gasteiger partial charge >= 0.3 is 0 Å². The highest BCUT2D eigenvalue weighted by molar-refractivity contribution is 5.91. The van der Waals surface area contributed by atoms with Gasteiger partial charge in [-0.15, -0.1) is 0 Å². The third kappa shape index (κ3) is 4.38. The Hall–Kier alpha value is -3.04. The first-order valence-electron chi connectivity index (χ1n) is 5.10. The van der Waals surface area contributed by atoms with E-state index in [1.54, 1.807) is 0 Å². The zero-order valence-corrected chi connectivity index (χ0v) is 9.95. The van der Waals surface area contributed by atoms with E-state index in [1.165, 1.54) is 25.1 Å². The minimum atomic E-state index is -0.607. The highest BCUT2D eigenvalue weighted by atomic mass is 16.6. The maximum absolute atomic E-state index is 10.9. The maximum atomic E-state index is 10.9. The van der Waals surface area contributed by atoms with Crippen molar-refractivity contribution in [2.45, 2.75) is 6.92 Å². The summed E-state index contributed by atoms with van der Waals surface area (Å²) in [4.78, 5) is 23.7. The Labute approximate surface area is 108 Å². The molecule has 1 aromatic carbocycles. The average Bonchev–Trinajstić information content (AvgIpc) is 2.35. The van der Waals surface area contributed by atoms with E-state index >= 15 is 0 Å². The van der Waals surface area contributed by atoms with Crippen molar-refractivity contribution in [1.29, 1.82) is 0 Å². The number of nitrogens with zero attached hydrogens (tertiary/aromatic N) is 4. The Kier molecular flexibility index (Phi) is 4.90. The second kappa shape index (κ2) is 6.64. The van der Waals surface area contributed by atoms with Gasteiger partial charge in [0.25, 0.3) is 5.69 Å². The summed E-state index contributed by atoms with van der Waals surface area (Å²) in [6.07, 6.45) is 0. The van der Waals surface area contributed by atoms with Crippen LogP contribution in [0, 0.1) is 22.0 Å². The fraction of sp³-hybridized carbons (Fsp3) is 0.182. The van der Waals surface area contributed by atoms with Gasteiger partial charge in [-0.1, -0.05) is 17.0 Å². The molecular formula is C11H9N5O3. The second-order valence-electron chi connectivity index (χ2n) is 3.36. The monoisotopic (exact) mass is 259 g/mol. The van der Waals surface area contributed by atoms with Crippen LogP contribution in [-0.4, -0.2) is 17.4 Å². The number of benzene rings is 1. The molecule has 1 aromatic rings. The first-order valence-corrected chi connectivity index (χ1v) is 5.10. The average molecular weight is 259 g/mol. The number of nitro benzene ring substituents is 1. The van der Waals surface area contributed by atoms with Gasteiger partial charge in [-0.2, -0.15) is 0 Å². The van der Waals surface area contributed by atoms with Crippen LogP contribution in [0.3, 0.4) is 0 Å². The van der Waals surface area contributed by atoms with E-state index in [0.29, 0.717) is 5.56 Å². The van der Waals surface area contributed by atoms with Gasteiger partial charge in [0.2, 0.25) is 5.91 Å². The molecule has 1 rings (SSSR count). The number of anilines is 1. The normalized spacial score (nSPS) is 8.68. The van der Waals surface area contributed by atoms with Crippen LogP contribution in [0.15, 0.2) is 23.3 Å². The number of hydrogen-bond acceptors (Lipinski definition) is 4. The number of nitrogens with one attached hydrogen (secondary N) is 1. The number of carbonyl (C=O) groups excluding carboxylic acids is 1. The summed E-state index contributed by atoms with van der Waals surface area (Å²) in [5, 5.41) is 16.5. The predicted octanol–water partition coefficient (Wildman–Crippen LogP) is 2.21. The summed E-state index contributed by atoms with van der Waals surface area (Å²) in [5.41, 5.74) is 8.32. The minimum Gasteiger partial charge on any atom is -0.321 e. The summed E-state index contributed by atoms with van der Waals surface area (Å²) in [7, 11) is 0. The van der Waals surface area contributed by atoms with Gasteiger partial charge in [-0.05, 0) is 17.7 Å². The molecule has 0 fully saturated rings. The molecule has 8 heteroatoms. The van der Waals surface area contributed by atoms with Crippen LogP contribution in [0.2, 0.25) is 0 Å². The molecule has 8 nitrogen and oxygen atoms in total. The Balaban J connectivity index is 3.07. The fourth-order valence-corrected chi connectivity index (χ4v) is 1.26. The van der Waals surface area contributed by atoms with E-state index in [-0.39, 0.29) is 17.9 Å². The molecular weight excluding hydrogens is 250 g/mol. The van der Waals surface area contributed by atoms with E-state index in [2.05, 4.69) is 27.2 Å². The van der Waals surface area contributed by atoms with Crippen LogP contribution in [0.1, 0.15) is 12.5 Å². The van der Waals surface area contributed by atoms with Crippen molar-refractivity contribution in [2.75, 3.05) is 11.9 Å². The highest BCUT2D eigenvalue weighted by Crippen LogP contribution is 2.25. The Bertz CT molecular complexity index is 623. The first-order chi connectivity index (χ1) is 9.04. The van der Waals surface area contributed by atoms with Gasteiger partial charge in [0.1, 0.15) is 5.69 Å². The predicted molar refractivity (Wildman–Crippen MR) is 68.3 cm³/mol. The molecule has 0 atom stereocenters. The van der Waals surface area contributed by atoms with Gasteiger partial charge in [-0.3, -0.25) is 14.9 Å². The number of nitro groups is 1. The molecule has 0 heterocycles. The molecule has 0 aliphatic carbocycles. The van der Waals surface area contributed by atoms with Crippen molar-refractivity contribution in [2.24, 2.45) is 5.11 Å². The van der Waals surface area contributed by atoms with Crippen molar-refractivity contribution < 1.29 is 9.72 Å². The van der Waals surface area contributed by atoms with Crippen molar-refractivity contribution in [3.8, 4) is 11.8 Å². The lowest BCUT2D eigenvalue weighted by Crippen LogP contribution is -2.08. The van der Waals surface area contributed by atoms with Crippen LogP contribution < -0.4 is 5.32 Å². The third-order valence-electron chi connectivity index (χ3n) is 1.95. The zero-order chi connectivity index (χ0) is 14.3. The molecule has 0 aliphatic rings. The third-order valence-corrected chi connectivity index (χ3v) is 1.95. The van der Waals surface area contributed by atoms with Crippen LogP contribution in [0.4, 0.5) is 11.4 Å². The number of hydrogen-bond donors (Lipinski definition) is 1.